The van der Waals surface area contributed by atoms with Crippen LogP contribution in [0.4, 0.5) is 0 Å². The molecule has 0 radical (unpaired) electrons. The van der Waals surface area contributed by atoms with Gasteiger partial charge in [-0.25, -0.2) is 0 Å². The molecule has 0 fully saturated rings. The van der Waals surface area contributed by atoms with Crippen molar-refractivity contribution in [3.63, 3.8) is 0 Å². The van der Waals surface area contributed by atoms with E-state index in [0.717, 1.165) is 17.3 Å². The van der Waals surface area contributed by atoms with Gasteiger partial charge >= 0.3 is 0 Å². The Morgan fingerprint density at radius 2 is 2.03 bits per heavy atom. The number of para-hydroxylation sites is 1. The highest BCUT2D eigenvalue weighted by molar-refractivity contribution is 8.00. The first-order valence-electron chi connectivity index (χ1n) is 9.19. The van der Waals surface area contributed by atoms with Crippen LogP contribution in [0.25, 0.3) is 5.69 Å². The van der Waals surface area contributed by atoms with E-state index in [9.17, 15) is 4.79 Å². The highest BCUT2D eigenvalue weighted by Gasteiger charge is 2.21. The molecule has 6 nitrogen and oxygen atoms in total. The van der Waals surface area contributed by atoms with Gasteiger partial charge in [0.05, 0.1) is 18.1 Å². The van der Waals surface area contributed by atoms with E-state index >= 15 is 0 Å². The molecular weight excluding hydrogens is 404 g/mol. The summed E-state index contributed by atoms with van der Waals surface area (Å²) in [6.45, 7) is 2.23. The number of nitrogens with zero attached hydrogens (tertiary/aromatic N) is 3. The van der Waals surface area contributed by atoms with Gasteiger partial charge in [-0.3, -0.25) is 9.36 Å². The predicted molar refractivity (Wildman–Crippen MR) is 114 cm³/mol. The van der Waals surface area contributed by atoms with Crippen molar-refractivity contribution in [3.05, 3.63) is 82.7 Å². The lowest BCUT2D eigenvalue weighted by atomic mass is 10.3. The first-order valence-corrected chi connectivity index (χ1v) is 11.0. The van der Waals surface area contributed by atoms with Gasteiger partial charge in [-0.1, -0.05) is 36.0 Å². The minimum absolute atomic E-state index is 0.0752. The fourth-order valence-electron chi connectivity index (χ4n) is 2.84. The molecule has 0 aliphatic carbocycles. The molecule has 0 aliphatic heterocycles. The van der Waals surface area contributed by atoms with Gasteiger partial charge in [0.2, 0.25) is 5.91 Å². The Hall–Kier alpha value is -2.84. The number of benzene rings is 1. The number of rotatable bonds is 8. The molecule has 148 valence electrons. The molecular formula is C21H20N4O2S2. The molecule has 4 rings (SSSR count). The van der Waals surface area contributed by atoms with E-state index in [0.29, 0.717) is 18.1 Å². The monoisotopic (exact) mass is 424 g/mol. The minimum Gasteiger partial charge on any atom is -0.467 e. The van der Waals surface area contributed by atoms with Crippen LogP contribution >= 0.6 is 23.1 Å². The van der Waals surface area contributed by atoms with Crippen LogP contribution in [0.2, 0.25) is 0 Å². The van der Waals surface area contributed by atoms with E-state index in [-0.39, 0.29) is 11.2 Å². The van der Waals surface area contributed by atoms with Crippen molar-refractivity contribution in [2.24, 2.45) is 0 Å². The summed E-state index contributed by atoms with van der Waals surface area (Å²) in [5.41, 5.74) is 0.981. The molecule has 1 atom stereocenters. The number of hydrogen-bond donors (Lipinski definition) is 1. The molecule has 29 heavy (non-hydrogen) atoms. The van der Waals surface area contributed by atoms with Crippen LogP contribution < -0.4 is 5.32 Å². The second-order valence-corrected chi connectivity index (χ2v) is 8.72. The third kappa shape index (κ3) is 4.78. The Labute approximate surface area is 177 Å². The summed E-state index contributed by atoms with van der Waals surface area (Å²) in [5.74, 6) is 1.50. The quantitative estimate of drug-likeness (QED) is 0.427. The molecule has 4 aromatic rings. The van der Waals surface area contributed by atoms with E-state index in [1.165, 1.54) is 16.6 Å². The van der Waals surface area contributed by atoms with E-state index in [1.807, 2.05) is 54.0 Å². The van der Waals surface area contributed by atoms with Gasteiger partial charge in [0.1, 0.15) is 11.6 Å². The van der Waals surface area contributed by atoms with Crippen LogP contribution in [0.15, 0.2) is 75.8 Å². The van der Waals surface area contributed by atoms with Gasteiger partial charge in [0, 0.05) is 17.0 Å². The van der Waals surface area contributed by atoms with Gasteiger partial charge < -0.3 is 9.73 Å². The fraction of sp³-hybridized carbons (Fsp3) is 0.190. The van der Waals surface area contributed by atoms with Crippen molar-refractivity contribution in [1.29, 1.82) is 0 Å². The first-order chi connectivity index (χ1) is 14.2. The number of carbonyl (C=O) groups excluding carboxylic acids is 1. The lowest BCUT2D eigenvalue weighted by molar-refractivity contribution is -0.120. The lowest BCUT2D eigenvalue weighted by Gasteiger charge is -2.13. The van der Waals surface area contributed by atoms with Crippen molar-refractivity contribution in [1.82, 2.24) is 20.1 Å². The number of thiophene rings is 1. The lowest BCUT2D eigenvalue weighted by Crippen LogP contribution is -2.30. The van der Waals surface area contributed by atoms with E-state index < -0.39 is 0 Å². The first kappa shape index (κ1) is 19.5. The Kier molecular flexibility index (Phi) is 6.12. The standard InChI is InChI=1S/C21H20N4O2S2/c1-15(20(26)22-14-17-9-5-11-27-17)29-21-24-23-19(13-18-10-6-12-28-18)25(21)16-7-3-2-4-8-16/h2-12,15H,13-14H2,1H3,(H,22,26). The van der Waals surface area contributed by atoms with Crippen LogP contribution in [-0.4, -0.2) is 25.9 Å². The predicted octanol–water partition coefficient (Wildman–Crippen LogP) is 4.31. The summed E-state index contributed by atoms with van der Waals surface area (Å²) in [5, 5.41) is 14.1. The van der Waals surface area contributed by atoms with Gasteiger partial charge in [-0.15, -0.1) is 21.5 Å². The maximum atomic E-state index is 12.5. The Morgan fingerprint density at radius 3 is 2.76 bits per heavy atom. The number of furan rings is 1. The third-order valence-electron chi connectivity index (χ3n) is 4.30. The van der Waals surface area contributed by atoms with Crippen LogP contribution in [0.1, 0.15) is 23.4 Å². The van der Waals surface area contributed by atoms with Crippen molar-refractivity contribution < 1.29 is 9.21 Å². The molecule has 1 amide bonds. The third-order valence-corrected chi connectivity index (χ3v) is 6.21. The molecule has 1 unspecified atom stereocenters. The van der Waals surface area contributed by atoms with Gasteiger partial charge in [0.25, 0.3) is 0 Å². The van der Waals surface area contributed by atoms with Crippen molar-refractivity contribution >= 4 is 29.0 Å². The van der Waals surface area contributed by atoms with Crippen molar-refractivity contribution in [2.45, 2.75) is 30.3 Å². The molecule has 8 heteroatoms. The summed E-state index contributed by atoms with van der Waals surface area (Å²) >= 11 is 3.09. The maximum absolute atomic E-state index is 12.5. The summed E-state index contributed by atoms with van der Waals surface area (Å²) in [6, 6.07) is 17.7. The average molecular weight is 425 g/mol. The summed E-state index contributed by atoms with van der Waals surface area (Å²) < 4.78 is 7.29. The zero-order valence-corrected chi connectivity index (χ0v) is 17.5. The van der Waals surface area contributed by atoms with Crippen LogP contribution in [0.3, 0.4) is 0 Å². The highest BCUT2D eigenvalue weighted by atomic mass is 32.2. The molecule has 1 N–H and O–H groups in total. The number of aromatic nitrogens is 3. The van der Waals surface area contributed by atoms with Gasteiger partial charge in [0.15, 0.2) is 5.16 Å². The number of hydrogen-bond acceptors (Lipinski definition) is 6. The molecule has 0 spiro atoms. The minimum atomic E-state index is -0.328. The Balaban J connectivity index is 1.53. The summed E-state index contributed by atoms with van der Waals surface area (Å²) in [7, 11) is 0. The van der Waals surface area contributed by atoms with Crippen LogP contribution in [0.5, 0.6) is 0 Å². The Bertz CT molecular complexity index is 1040. The molecule has 0 aliphatic rings. The van der Waals surface area contributed by atoms with Crippen molar-refractivity contribution in [3.8, 4) is 5.69 Å². The number of amides is 1. The van der Waals surface area contributed by atoms with Gasteiger partial charge in [-0.2, -0.15) is 0 Å². The van der Waals surface area contributed by atoms with E-state index in [4.69, 9.17) is 4.42 Å². The van der Waals surface area contributed by atoms with Crippen LogP contribution in [-0.2, 0) is 17.8 Å². The molecule has 3 heterocycles. The smallest absolute Gasteiger partial charge is 0.233 e. The second kappa shape index (κ2) is 9.11. The van der Waals surface area contributed by atoms with E-state index in [1.54, 1.807) is 23.7 Å². The van der Waals surface area contributed by atoms with Crippen LogP contribution in [0, 0.1) is 0 Å². The van der Waals surface area contributed by atoms with Gasteiger partial charge in [-0.05, 0) is 42.6 Å². The van der Waals surface area contributed by atoms with Crippen molar-refractivity contribution in [2.75, 3.05) is 0 Å². The zero-order chi connectivity index (χ0) is 20.1. The molecule has 1 aromatic carbocycles. The molecule has 0 bridgehead atoms. The maximum Gasteiger partial charge on any atom is 0.233 e. The largest absolute Gasteiger partial charge is 0.467 e. The zero-order valence-electron chi connectivity index (χ0n) is 15.8. The number of carbonyl (C=O) groups is 1. The Morgan fingerprint density at radius 1 is 1.17 bits per heavy atom. The summed E-state index contributed by atoms with van der Waals surface area (Å²) in [4.78, 5) is 13.7. The molecule has 3 aromatic heterocycles. The molecule has 0 saturated heterocycles. The number of thioether (sulfide) groups is 1. The summed E-state index contributed by atoms with van der Waals surface area (Å²) in [6.07, 6.45) is 2.29. The normalized spacial score (nSPS) is 12.0. The fourth-order valence-corrected chi connectivity index (χ4v) is 4.45. The second-order valence-electron chi connectivity index (χ2n) is 6.38. The van der Waals surface area contributed by atoms with E-state index in [2.05, 4.69) is 27.0 Å². The highest BCUT2D eigenvalue weighted by Crippen LogP contribution is 2.27. The number of nitrogens with one attached hydrogen (secondary N) is 1. The molecule has 0 saturated carbocycles. The SMILES string of the molecule is CC(Sc1nnc(Cc2cccs2)n1-c1ccccc1)C(=O)NCc1ccco1. The average Bonchev–Trinajstić information content (AvgIpc) is 3.50. The topological polar surface area (TPSA) is 73.0 Å².